The maximum atomic E-state index is 13.2. The van der Waals surface area contributed by atoms with Crippen molar-refractivity contribution in [2.75, 3.05) is 13.2 Å². The van der Waals surface area contributed by atoms with Crippen LogP contribution in [0.25, 0.3) is 33.8 Å². The lowest BCUT2D eigenvalue weighted by Crippen LogP contribution is -2.19. The molecule has 11 nitrogen and oxygen atoms in total. The predicted octanol–water partition coefficient (Wildman–Crippen LogP) is 3.08. The summed E-state index contributed by atoms with van der Waals surface area (Å²) >= 11 is 0. The van der Waals surface area contributed by atoms with Gasteiger partial charge in [0.05, 0.1) is 21.5 Å². The Bertz CT molecular complexity index is 1690. The van der Waals surface area contributed by atoms with E-state index < -0.39 is 4.92 Å². The summed E-state index contributed by atoms with van der Waals surface area (Å²) in [6, 6.07) is 11.8. The molecule has 168 valence electrons. The first-order chi connectivity index (χ1) is 16.5. The first kappa shape index (κ1) is 19.9. The van der Waals surface area contributed by atoms with Crippen molar-refractivity contribution in [1.82, 2.24) is 24.1 Å². The molecule has 0 fully saturated rings. The summed E-state index contributed by atoms with van der Waals surface area (Å²) in [5, 5.41) is 16.2. The predicted molar refractivity (Wildman–Crippen MR) is 122 cm³/mol. The summed E-state index contributed by atoms with van der Waals surface area (Å²) in [4.78, 5) is 32.9. The molecule has 5 aromatic rings. The van der Waals surface area contributed by atoms with Gasteiger partial charge in [0.1, 0.15) is 13.2 Å². The van der Waals surface area contributed by atoms with Crippen molar-refractivity contribution < 1.29 is 14.4 Å². The SMILES string of the molecule is Cc1ccc(-n2ccc3c(cnc4nc(-c5ccc6c(c5)OCCO6)nn43)c2=O)cc1[N+](=O)[O-]. The highest BCUT2D eigenvalue weighted by Crippen LogP contribution is 2.33. The molecule has 0 atom stereocenters. The van der Waals surface area contributed by atoms with Crippen LogP contribution in [0.3, 0.4) is 0 Å². The van der Waals surface area contributed by atoms with Crippen LogP contribution in [0.5, 0.6) is 11.5 Å². The van der Waals surface area contributed by atoms with Gasteiger partial charge in [0.25, 0.3) is 17.0 Å². The van der Waals surface area contributed by atoms with E-state index in [-0.39, 0.29) is 11.2 Å². The van der Waals surface area contributed by atoms with Gasteiger partial charge >= 0.3 is 0 Å². The normalized spacial score (nSPS) is 12.9. The highest BCUT2D eigenvalue weighted by Gasteiger charge is 2.18. The molecule has 0 N–H and O–H groups in total. The topological polar surface area (TPSA) is 127 Å². The van der Waals surface area contributed by atoms with Crippen molar-refractivity contribution in [3.63, 3.8) is 0 Å². The van der Waals surface area contributed by atoms with Gasteiger partial charge in [-0.3, -0.25) is 19.5 Å². The van der Waals surface area contributed by atoms with Crippen molar-refractivity contribution >= 4 is 22.4 Å². The molecule has 11 heteroatoms. The minimum Gasteiger partial charge on any atom is -0.486 e. The lowest BCUT2D eigenvalue weighted by atomic mass is 10.2. The molecule has 0 saturated carbocycles. The molecule has 3 aromatic heterocycles. The molecular formula is C23H16N6O5. The number of ether oxygens (including phenoxy) is 2. The summed E-state index contributed by atoms with van der Waals surface area (Å²) in [7, 11) is 0. The Morgan fingerprint density at radius 2 is 1.88 bits per heavy atom. The zero-order valence-electron chi connectivity index (χ0n) is 17.8. The number of hydrogen-bond acceptors (Lipinski definition) is 8. The number of hydrogen-bond donors (Lipinski definition) is 0. The highest BCUT2D eigenvalue weighted by molar-refractivity contribution is 5.79. The first-order valence-corrected chi connectivity index (χ1v) is 10.4. The summed E-state index contributed by atoms with van der Waals surface area (Å²) < 4.78 is 14.1. The average molecular weight is 456 g/mol. The maximum absolute atomic E-state index is 13.2. The third kappa shape index (κ3) is 3.05. The number of nitrogens with zero attached hydrogens (tertiary/aromatic N) is 6. The molecule has 0 aliphatic carbocycles. The number of aryl methyl sites for hydroxylation is 1. The highest BCUT2D eigenvalue weighted by atomic mass is 16.6. The van der Waals surface area contributed by atoms with Crippen LogP contribution in [-0.4, -0.2) is 42.3 Å². The second-order valence-electron chi connectivity index (χ2n) is 7.78. The van der Waals surface area contributed by atoms with Crippen LogP contribution in [0.4, 0.5) is 5.69 Å². The van der Waals surface area contributed by atoms with Crippen LogP contribution in [0.2, 0.25) is 0 Å². The van der Waals surface area contributed by atoms with Gasteiger partial charge in [-0.1, -0.05) is 6.07 Å². The van der Waals surface area contributed by atoms with Gasteiger partial charge in [0, 0.05) is 29.6 Å². The van der Waals surface area contributed by atoms with Crippen molar-refractivity contribution in [1.29, 1.82) is 0 Å². The van der Waals surface area contributed by atoms with E-state index in [1.54, 1.807) is 37.4 Å². The second-order valence-corrected chi connectivity index (χ2v) is 7.78. The quantitative estimate of drug-likeness (QED) is 0.299. The van der Waals surface area contributed by atoms with E-state index in [9.17, 15) is 14.9 Å². The third-order valence-corrected chi connectivity index (χ3v) is 5.70. The smallest absolute Gasteiger partial charge is 0.274 e. The minimum absolute atomic E-state index is 0.0570. The fraction of sp³-hybridized carbons (Fsp3) is 0.130. The molecule has 0 radical (unpaired) electrons. The number of pyridine rings is 1. The fourth-order valence-corrected chi connectivity index (χ4v) is 3.97. The molecular weight excluding hydrogens is 440 g/mol. The molecule has 1 aliphatic rings. The molecule has 1 aliphatic heterocycles. The average Bonchev–Trinajstić information content (AvgIpc) is 3.29. The van der Waals surface area contributed by atoms with Crippen LogP contribution < -0.4 is 15.0 Å². The minimum atomic E-state index is -0.467. The molecule has 0 unspecified atom stereocenters. The van der Waals surface area contributed by atoms with E-state index in [1.807, 2.05) is 12.1 Å². The molecule has 0 saturated heterocycles. The molecule has 0 bridgehead atoms. The monoisotopic (exact) mass is 456 g/mol. The summed E-state index contributed by atoms with van der Waals surface area (Å²) in [5.74, 6) is 2.05. The molecule has 0 amide bonds. The van der Waals surface area contributed by atoms with Crippen molar-refractivity contribution in [3.8, 4) is 28.6 Å². The van der Waals surface area contributed by atoms with Crippen LogP contribution >= 0.6 is 0 Å². The number of benzene rings is 2. The van der Waals surface area contributed by atoms with Gasteiger partial charge in [-0.15, -0.1) is 5.10 Å². The fourth-order valence-electron chi connectivity index (χ4n) is 3.97. The van der Waals surface area contributed by atoms with E-state index in [2.05, 4.69) is 15.1 Å². The van der Waals surface area contributed by atoms with Gasteiger partial charge in [0.15, 0.2) is 17.3 Å². The summed E-state index contributed by atoms with van der Waals surface area (Å²) in [6.07, 6.45) is 3.00. The maximum Gasteiger partial charge on any atom is 0.274 e. The molecule has 6 rings (SSSR count). The Balaban J connectivity index is 1.48. The Morgan fingerprint density at radius 3 is 2.71 bits per heavy atom. The number of aromatic nitrogens is 5. The number of fused-ring (bicyclic) bond motifs is 4. The standard InChI is InChI=1S/C23H16N6O5/c1-13-2-4-15(11-18(13)29(31)32)27-7-6-17-16(22(27)30)12-24-23-25-21(26-28(17)23)14-3-5-19-20(10-14)34-9-8-33-19/h2-7,10-12H,8-9H2,1H3. The largest absolute Gasteiger partial charge is 0.486 e. The zero-order valence-corrected chi connectivity index (χ0v) is 17.8. The third-order valence-electron chi connectivity index (χ3n) is 5.70. The Labute approximate surface area is 191 Å². The second kappa shape index (κ2) is 7.37. The number of nitro benzene ring substituents is 1. The molecule has 2 aromatic carbocycles. The van der Waals surface area contributed by atoms with Crippen molar-refractivity contribution in [2.24, 2.45) is 0 Å². The molecule has 0 spiro atoms. The van der Waals surface area contributed by atoms with Gasteiger partial charge in [-0.05, 0) is 37.3 Å². The van der Waals surface area contributed by atoms with Gasteiger partial charge in [-0.25, -0.2) is 4.98 Å². The first-order valence-electron chi connectivity index (χ1n) is 10.4. The Hall–Kier alpha value is -4.80. The van der Waals surface area contributed by atoms with Gasteiger partial charge in [0.2, 0.25) is 0 Å². The van der Waals surface area contributed by atoms with Crippen LogP contribution in [-0.2, 0) is 0 Å². The lowest BCUT2D eigenvalue weighted by molar-refractivity contribution is -0.385. The van der Waals surface area contributed by atoms with Crippen LogP contribution in [0.15, 0.2) is 59.7 Å². The summed E-state index contributed by atoms with van der Waals surface area (Å²) in [5.41, 5.74) is 1.72. The lowest BCUT2D eigenvalue weighted by Gasteiger charge is -2.18. The molecule has 4 heterocycles. The Morgan fingerprint density at radius 1 is 1.06 bits per heavy atom. The van der Waals surface area contributed by atoms with E-state index in [4.69, 9.17) is 9.47 Å². The van der Waals surface area contributed by atoms with E-state index in [0.29, 0.717) is 58.5 Å². The van der Waals surface area contributed by atoms with E-state index >= 15 is 0 Å². The number of rotatable bonds is 3. The van der Waals surface area contributed by atoms with Crippen LogP contribution in [0.1, 0.15) is 5.56 Å². The van der Waals surface area contributed by atoms with E-state index in [1.165, 1.54) is 21.3 Å². The Kier molecular flexibility index (Phi) is 4.30. The molecule has 34 heavy (non-hydrogen) atoms. The number of nitro groups is 1. The van der Waals surface area contributed by atoms with Gasteiger partial charge in [-0.2, -0.15) is 9.50 Å². The summed E-state index contributed by atoms with van der Waals surface area (Å²) in [6.45, 7) is 2.62. The van der Waals surface area contributed by atoms with Crippen molar-refractivity contribution in [3.05, 3.63) is 80.9 Å². The van der Waals surface area contributed by atoms with Gasteiger partial charge < -0.3 is 9.47 Å². The van der Waals surface area contributed by atoms with Crippen molar-refractivity contribution in [2.45, 2.75) is 6.92 Å². The zero-order chi connectivity index (χ0) is 23.4. The van der Waals surface area contributed by atoms with Crippen LogP contribution in [0, 0.1) is 17.0 Å². The van der Waals surface area contributed by atoms with E-state index in [0.717, 1.165) is 5.56 Å².